The molecule has 0 radical (unpaired) electrons. The predicted octanol–water partition coefficient (Wildman–Crippen LogP) is 4.88. The molecule has 0 fully saturated rings. The van der Waals surface area contributed by atoms with E-state index < -0.39 is 0 Å². The van der Waals surface area contributed by atoms with Crippen molar-refractivity contribution >= 4 is 32.3 Å². The molecule has 5 nitrogen and oxygen atoms in total. The highest BCUT2D eigenvalue weighted by atomic mass is 32.1. The number of aromatic nitrogens is 2. The summed E-state index contributed by atoms with van der Waals surface area (Å²) in [5.41, 5.74) is 1.32. The molecule has 2 aromatic carbocycles. The molecule has 1 unspecified atom stereocenters. The summed E-state index contributed by atoms with van der Waals surface area (Å²) in [7, 11) is 4.02. The Morgan fingerprint density at radius 2 is 2.00 bits per heavy atom. The van der Waals surface area contributed by atoms with Gasteiger partial charge in [0.15, 0.2) is 0 Å². The lowest BCUT2D eigenvalue weighted by molar-refractivity contribution is 0.290. The first-order valence-corrected chi connectivity index (χ1v) is 12.1. The van der Waals surface area contributed by atoms with E-state index in [0.29, 0.717) is 25.6 Å². The van der Waals surface area contributed by atoms with Gasteiger partial charge in [0.2, 0.25) is 0 Å². The van der Waals surface area contributed by atoms with Crippen LogP contribution < -0.4 is 10.3 Å². The number of benzene rings is 2. The van der Waals surface area contributed by atoms with Crippen LogP contribution in [0.4, 0.5) is 0 Å². The van der Waals surface area contributed by atoms with Crippen LogP contribution in [-0.2, 0) is 25.9 Å². The molecule has 2 aromatic heterocycles. The van der Waals surface area contributed by atoms with Crippen LogP contribution in [0.1, 0.15) is 29.6 Å². The molecule has 0 amide bonds. The maximum atomic E-state index is 13.7. The van der Waals surface area contributed by atoms with E-state index in [-0.39, 0.29) is 5.56 Å². The van der Waals surface area contributed by atoms with Crippen molar-refractivity contribution in [3.8, 4) is 5.75 Å². The van der Waals surface area contributed by atoms with Crippen molar-refractivity contribution in [2.24, 2.45) is 5.92 Å². The van der Waals surface area contributed by atoms with Gasteiger partial charge in [-0.05, 0) is 56.3 Å². The Kier molecular flexibility index (Phi) is 5.74. The van der Waals surface area contributed by atoms with E-state index in [2.05, 4.69) is 30.0 Å². The molecule has 2 heterocycles. The van der Waals surface area contributed by atoms with Crippen LogP contribution in [0, 0.1) is 5.92 Å². The number of thiophene rings is 1. The first-order chi connectivity index (χ1) is 15.5. The molecule has 32 heavy (non-hydrogen) atoms. The van der Waals surface area contributed by atoms with E-state index in [4.69, 9.17) is 9.72 Å². The maximum absolute atomic E-state index is 13.7. The summed E-state index contributed by atoms with van der Waals surface area (Å²) in [6, 6.07) is 14.3. The molecule has 0 bridgehead atoms. The zero-order chi connectivity index (χ0) is 22.2. The van der Waals surface area contributed by atoms with Crippen LogP contribution in [0.3, 0.4) is 0 Å². The molecule has 0 spiro atoms. The minimum atomic E-state index is 0.0837. The average Bonchev–Trinajstić information content (AvgIpc) is 3.12. The van der Waals surface area contributed by atoms with E-state index in [1.807, 2.05) is 42.9 Å². The number of nitrogens with zero attached hydrogens (tertiary/aromatic N) is 3. The van der Waals surface area contributed by atoms with Crippen LogP contribution in [0.25, 0.3) is 21.0 Å². The lowest BCUT2D eigenvalue weighted by Gasteiger charge is -2.18. The molecule has 0 N–H and O–H groups in total. The van der Waals surface area contributed by atoms with Crippen molar-refractivity contribution in [1.29, 1.82) is 0 Å². The highest BCUT2D eigenvalue weighted by molar-refractivity contribution is 7.18. The van der Waals surface area contributed by atoms with Gasteiger partial charge >= 0.3 is 0 Å². The first kappa shape index (κ1) is 21.2. The third-order valence-electron chi connectivity index (χ3n) is 6.27. The summed E-state index contributed by atoms with van der Waals surface area (Å²) in [6.45, 7) is 3.82. The van der Waals surface area contributed by atoms with Crippen LogP contribution >= 0.6 is 11.3 Å². The minimum Gasteiger partial charge on any atom is -0.491 e. The number of hydrogen-bond acceptors (Lipinski definition) is 5. The van der Waals surface area contributed by atoms with Crippen molar-refractivity contribution in [2.45, 2.75) is 39.3 Å². The lowest BCUT2D eigenvalue weighted by atomic mass is 9.89. The van der Waals surface area contributed by atoms with Gasteiger partial charge in [-0.15, -0.1) is 11.3 Å². The van der Waals surface area contributed by atoms with E-state index in [9.17, 15) is 4.79 Å². The third kappa shape index (κ3) is 3.93. The summed E-state index contributed by atoms with van der Waals surface area (Å²) in [5.74, 6) is 2.33. The minimum absolute atomic E-state index is 0.0837. The van der Waals surface area contributed by atoms with E-state index in [1.54, 1.807) is 11.3 Å². The molecule has 0 aliphatic heterocycles. The van der Waals surface area contributed by atoms with Gasteiger partial charge in [-0.3, -0.25) is 9.36 Å². The molecule has 1 aliphatic carbocycles. The number of hydrogen-bond donors (Lipinski definition) is 0. The Bertz CT molecular complexity index is 1330. The summed E-state index contributed by atoms with van der Waals surface area (Å²) >= 11 is 1.72. The monoisotopic (exact) mass is 447 g/mol. The molecule has 166 valence electrons. The van der Waals surface area contributed by atoms with Crippen molar-refractivity contribution in [1.82, 2.24) is 14.5 Å². The molecule has 0 saturated heterocycles. The van der Waals surface area contributed by atoms with Gasteiger partial charge in [-0.1, -0.05) is 43.3 Å². The molecule has 1 aliphatic rings. The van der Waals surface area contributed by atoms with Crippen molar-refractivity contribution in [3.63, 3.8) is 0 Å². The van der Waals surface area contributed by atoms with Crippen LogP contribution in [0.5, 0.6) is 5.75 Å². The highest BCUT2D eigenvalue weighted by Gasteiger charge is 2.24. The van der Waals surface area contributed by atoms with Gasteiger partial charge in [0.1, 0.15) is 23.0 Å². The lowest BCUT2D eigenvalue weighted by Crippen LogP contribution is -2.30. The second-order valence-electron chi connectivity index (χ2n) is 9.08. The zero-order valence-electron chi connectivity index (χ0n) is 18.9. The van der Waals surface area contributed by atoms with Gasteiger partial charge in [-0.25, -0.2) is 4.98 Å². The smallest absolute Gasteiger partial charge is 0.262 e. The molecule has 5 rings (SSSR count). The van der Waals surface area contributed by atoms with Crippen LogP contribution in [0.2, 0.25) is 0 Å². The standard InChI is InChI=1S/C26H29N3O2S/c1-17-11-12-20-22(15-17)32-25-24(20)26(30)29(23(27-25)16-28(2)3)13-14-31-21-10-6-8-18-7-4-5-9-19(18)21/h4-10,17H,11-16H2,1-3H3. The number of aryl methyl sites for hydroxylation is 1. The normalized spacial score (nSPS) is 16.1. The van der Waals surface area contributed by atoms with Gasteiger partial charge in [-0.2, -0.15) is 0 Å². The van der Waals surface area contributed by atoms with Crippen molar-refractivity contribution in [3.05, 3.63) is 69.1 Å². The van der Waals surface area contributed by atoms with E-state index in [0.717, 1.165) is 51.8 Å². The fraction of sp³-hybridized carbons (Fsp3) is 0.385. The summed E-state index contributed by atoms with van der Waals surface area (Å²) in [6.07, 6.45) is 3.18. The molecule has 4 aromatic rings. The van der Waals surface area contributed by atoms with E-state index >= 15 is 0 Å². The topological polar surface area (TPSA) is 47.4 Å². The Hall–Kier alpha value is -2.70. The number of ether oxygens (including phenoxy) is 1. The highest BCUT2D eigenvalue weighted by Crippen LogP contribution is 2.36. The predicted molar refractivity (Wildman–Crippen MR) is 132 cm³/mol. The van der Waals surface area contributed by atoms with Crippen molar-refractivity contribution in [2.75, 3.05) is 20.7 Å². The first-order valence-electron chi connectivity index (χ1n) is 11.3. The summed E-state index contributed by atoms with van der Waals surface area (Å²) in [4.78, 5) is 22.9. The van der Waals surface area contributed by atoms with Gasteiger partial charge in [0.25, 0.3) is 5.56 Å². The van der Waals surface area contributed by atoms with Crippen molar-refractivity contribution < 1.29 is 4.74 Å². The molecular formula is C26H29N3O2S. The molecular weight excluding hydrogens is 418 g/mol. The fourth-order valence-corrected chi connectivity index (χ4v) is 6.06. The maximum Gasteiger partial charge on any atom is 0.262 e. The second-order valence-corrected chi connectivity index (χ2v) is 10.2. The Balaban J connectivity index is 1.49. The summed E-state index contributed by atoms with van der Waals surface area (Å²) < 4.78 is 7.99. The van der Waals surface area contributed by atoms with Gasteiger partial charge in [0, 0.05) is 10.3 Å². The molecule has 6 heteroatoms. The third-order valence-corrected chi connectivity index (χ3v) is 7.42. The Morgan fingerprint density at radius 3 is 2.84 bits per heavy atom. The molecule has 1 atom stereocenters. The quantitative estimate of drug-likeness (QED) is 0.423. The largest absolute Gasteiger partial charge is 0.491 e. The van der Waals surface area contributed by atoms with Crippen LogP contribution in [0.15, 0.2) is 47.3 Å². The van der Waals surface area contributed by atoms with Crippen LogP contribution in [-0.4, -0.2) is 35.2 Å². The Labute approximate surface area is 192 Å². The number of fused-ring (bicyclic) bond motifs is 4. The Morgan fingerprint density at radius 1 is 1.19 bits per heavy atom. The van der Waals surface area contributed by atoms with E-state index in [1.165, 1.54) is 10.4 Å². The van der Waals surface area contributed by atoms with Gasteiger partial charge < -0.3 is 9.64 Å². The average molecular weight is 448 g/mol. The zero-order valence-corrected chi connectivity index (χ0v) is 19.7. The fourth-order valence-electron chi connectivity index (χ4n) is 4.67. The summed E-state index contributed by atoms with van der Waals surface area (Å²) in [5, 5.41) is 3.08. The number of rotatable bonds is 6. The SMILES string of the molecule is CC1CCc2c(sc3nc(CN(C)C)n(CCOc4cccc5ccccc45)c(=O)c23)C1. The van der Waals surface area contributed by atoms with Gasteiger partial charge in [0.05, 0.1) is 18.5 Å². The second kappa shape index (κ2) is 8.68. The molecule has 0 saturated carbocycles.